The molecule has 1 atom stereocenters. The number of carbonyl (C=O) groups is 1. The van der Waals surface area contributed by atoms with Crippen LogP contribution < -0.4 is 0 Å². The molecule has 3 heteroatoms. The minimum Gasteiger partial charge on any atom is -0.479 e. The maximum absolute atomic E-state index is 10.3. The van der Waals surface area contributed by atoms with Gasteiger partial charge >= 0.3 is 5.97 Å². The highest BCUT2D eigenvalue weighted by molar-refractivity contribution is 5.75. The molecule has 0 aliphatic rings. The number of aryl methyl sites for hydroxylation is 1. The Morgan fingerprint density at radius 1 is 1.36 bits per heavy atom. The number of rotatable bonds is 3. The molecule has 0 bridgehead atoms. The molecule has 2 N–H and O–H groups in total. The molecule has 0 aliphatic carbocycles. The van der Waals surface area contributed by atoms with E-state index in [0.29, 0.717) is 0 Å². The van der Waals surface area contributed by atoms with E-state index in [1.54, 1.807) is 6.08 Å². The summed E-state index contributed by atoms with van der Waals surface area (Å²) in [6.45, 7) is 1.97. The van der Waals surface area contributed by atoms with Crippen molar-refractivity contribution in [3.05, 3.63) is 41.5 Å². The first-order valence-corrected chi connectivity index (χ1v) is 4.25. The van der Waals surface area contributed by atoms with Gasteiger partial charge in [-0.05, 0) is 18.6 Å². The number of benzene rings is 1. The highest BCUT2D eigenvalue weighted by atomic mass is 16.4. The van der Waals surface area contributed by atoms with E-state index < -0.39 is 12.1 Å². The highest BCUT2D eigenvalue weighted by Crippen LogP contribution is 2.05. The molecule has 1 unspecified atom stereocenters. The van der Waals surface area contributed by atoms with E-state index in [0.717, 1.165) is 11.1 Å². The molecule has 0 heterocycles. The molecule has 74 valence electrons. The Morgan fingerprint density at radius 3 is 2.43 bits per heavy atom. The van der Waals surface area contributed by atoms with E-state index in [-0.39, 0.29) is 0 Å². The Balaban J connectivity index is 2.69. The Morgan fingerprint density at radius 2 is 1.93 bits per heavy atom. The van der Waals surface area contributed by atoms with Gasteiger partial charge in [0.1, 0.15) is 0 Å². The molecule has 0 radical (unpaired) electrons. The van der Waals surface area contributed by atoms with Crippen LogP contribution in [0.15, 0.2) is 30.3 Å². The van der Waals surface area contributed by atoms with Crippen molar-refractivity contribution in [1.29, 1.82) is 0 Å². The summed E-state index contributed by atoms with van der Waals surface area (Å²) < 4.78 is 0. The second-order valence-corrected chi connectivity index (χ2v) is 3.05. The van der Waals surface area contributed by atoms with Gasteiger partial charge in [-0.1, -0.05) is 35.9 Å². The third kappa shape index (κ3) is 3.03. The van der Waals surface area contributed by atoms with E-state index in [2.05, 4.69) is 0 Å². The van der Waals surface area contributed by atoms with Crippen LogP contribution in [0.2, 0.25) is 0 Å². The summed E-state index contributed by atoms with van der Waals surface area (Å²) >= 11 is 0. The van der Waals surface area contributed by atoms with Crippen molar-refractivity contribution < 1.29 is 15.0 Å². The van der Waals surface area contributed by atoms with Gasteiger partial charge in [0.15, 0.2) is 6.10 Å². The minimum atomic E-state index is -1.43. The zero-order chi connectivity index (χ0) is 10.6. The third-order valence-electron chi connectivity index (χ3n) is 1.80. The average molecular weight is 192 g/mol. The fourth-order valence-corrected chi connectivity index (χ4v) is 0.962. The number of aliphatic hydroxyl groups excluding tert-OH is 1. The predicted octanol–water partition coefficient (Wildman–Crippen LogP) is 1.45. The lowest BCUT2D eigenvalue weighted by Crippen LogP contribution is -2.15. The Labute approximate surface area is 82.3 Å². The molecule has 3 nitrogen and oxygen atoms in total. The maximum Gasteiger partial charge on any atom is 0.336 e. The maximum atomic E-state index is 10.3. The van der Waals surface area contributed by atoms with Crippen molar-refractivity contribution in [2.45, 2.75) is 13.0 Å². The lowest BCUT2D eigenvalue weighted by molar-refractivity contribution is -0.143. The molecule has 0 amide bonds. The van der Waals surface area contributed by atoms with Crippen molar-refractivity contribution in [3.8, 4) is 0 Å². The topological polar surface area (TPSA) is 57.5 Å². The number of carboxylic acid groups (broad SMARTS) is 1. The molecule has 0 saturated heterocycles. The standard InChI is InChI=1S/C11H12O3/c1-8-2-4-9(5-3-8)6-7-10(12)11(13)14/h2-7,10,12H,1H3,(H,13,14). The summed E-state index contributed by atoms with van der Waals surface area (Å²) in [5.41, 5.74) is 2.01. The van der Waals surface area contributed by atoms with Crippen LogP contribution in [0.5, 0.6) is 0 Å². The van der Waals surface area contributed by atoms with Gasteiger partial charge in [-0.25, -0.2) is 4.79 Å². The highest BCUT2D eigenvalue weighted by Gasteiger charge is 2.06. The molecular weight excluding hydrogens is 180 g/mol. The second-order valence-electron chi connectivity index (χ2n) is 3.05. The summed E-state index contributed by atoms with van der Waals surface area (Å²) in [6.07, 6.45) is 1.39. The summed E-state index contributed by atoms with van der Waals surface area (Å²) in [5.74, 6) is -1.24. The fraction of sp³-hybridized carbons (Fsp3) is 0.182. The number of hydrogen-bond donors (Lipinski definition) is 2. The van der Waals surface area contributed by atoms with Gasteiger partial charge in [0.05, 0.1) is 0 Å². The number of aliphatic carboxylic acids is 1. The Bertz CT molecular complexity index is 338. The minimum absolute atomic E-state index is 0.871. The molecule has 14 heavy (non-hydrogen) atoms. The SMILES string of the molecule is Cc1ccc(C=CC(O)C(=O)O)cc1. The van der Waals surface area contributed by atoms with E-state index in [1.807, 2.05) is 31.2 Å². The van der Waals surface area contributed by atoms with Crippen LogP contribution in [0.4, 0.5) is 0 Å². The largest absolute Gasteiger partial charge is 0.479 e. The smallest absolute Gasteiger partial charge is 0.336 e. The lowest BCUT2D eigenvalue weighted by atomic mass is 10.1. The predicted molar refractivity (Wildman–Crippen MR) is 53.9 cm³/mol. The van der Waals surface area contributed by atoms with E-state index >= 15 is 0 Å². The number of hydrogen-bond acceptors (Lipinski definition) is 2. The lowest BCUT2D eigenvalue weighted by Gasteiger charge is -1.97. The second kappa shape index (κ2) is 4.58. The van der Waals surface area contributed by atoms with Gasteiger partial charge < -0.3 is 10.2 Å². The quantitative estimate of drug-likeness (QED) is 0.762. The van der Waals surface area contributed by atoms with Crippen molar-refractivity contribution in [3.63, 3.8) is 0 Å². The van der Waals surface area contributed by atoms with Crippen LogP contribution in [0.3, 0.4) is 0 Å². The Kier molecular flexibility index (Phi) is 3.42. The summed E-state index contributed by atoms with van der Waals surface area (Å²) in [5, 5.41) is 17.4. The van der Waals surface area contributed by atoms with Crippen LogP contribution in [0, 0.1) is 6.92 Å². The van der Waals surface area contributed by atoms with Crippen LogP contribution >= 0.6 is 0 Å². The normalized spacial score (nSPS) is 13.0. The average Bonchev–Trinajstić information content (AvgIpc) is 2.16. The van der Waals surface area contributed by atoms with Gasteiger partial charge in [0.2, 0.25) is 0 Å². The first-order chi connectivity index (χ1) is 6.59. The summed E-state index contributed by atoms with van der Waals surface area (Å²) in [6, 6.07) is 7.57. The van der Waals surface area contributed by atoms with Crippen LogP contribution in [0.1, 0.15) is 11.1 Å². The number of carboxylic acids is 1. The van der Waals surface area contributed by atoms with Crippen molar-refractivity contribution in [2.24, 2.45) is 0 Å². The van der Waals surface area contributed by atoms with Gasteiger partial charge in [-0.15, -0.1) is 0 Å². The van der Waals surface area contributed by atoms with E-state index in [9.17, 15) is 4.79 Å². The number of aliphatic hydroxyl groups is 1. The molecule has 0 aliphatic heterocycles. The molecule has 0 saturated carbocycles. The zero-order valence-corrected chi connectivity index (χ0v) is 7.84. The zero-order valence-electron chi connectivity index (χ0n) is 7.84. The van der Waals surface area contributed by atoms with Gasteiger partial charge in [0, 0.05) is 0 Å². The molecular formula is C11H12O3. The molecule has 1 aromatic carbocycles. The van der Waals surface area contributed by atoms with E-state index in [4.69, 9.17) is 10.2 Å². The molecule has 0 spiro atoms. The summed E-state index contributed by atoms with van der Waals surface area (Å²) in [7, 11) is 0. The van der Waals surface area contributed by atoms with Gasteiger partial charge in [-0.3, -0.25) is 0 Å². The van der Waals surface area contributed by atoms with Gasteiger partial charge in [-0.2, -0.15) is 0 Å². The summed E-state index contributed by atoms with van der Waals surface area (Å²) in [4.78, 5) is 10.3. The third-order valence-corrected chi connectivity index (χ3v) is 1.80. The fourth-order valence-electron chi connectivity index (χ4n) is 0.962. The van der Waals surface area contributed by atoms with Gasteiger partial charge in [0.25, 0.3) is 0 Å². The van der Waals surface area contributed by atoms with Crippen LogP contribution in [-0.4, -0.2) is 22.3 Å². The Hall–Kier alpha value is -1.61. The van der Waals surface area contributed by atoms with Crippen molar-refractivity contribution >= 4 is 12.0 Å². The molecule has 1 rings (SSSR count). The molecule has 0 aromatic heterocycles. The molecule has 0 fully saturated rings. The first kappa shape index (κ1) is 10.5. The monoisotopic (exact) mass is 192 g/mol. The van der Waals surface area contributed by atoms with Crippen molar-refractivity contribution in [2.75, 3.05) is 0 Å². The van der Waals surface area contributed by atoms with Crippen LogP contribution in [-0.2, 0) is 4.79 Å². The van der Waals surface area contributed by atoms with Crippen molar-refractivity contribution in [1.82, 2.24) is 0 Å². The van der Waals surface area contributed by atoms with E-state index in [1.165, 1.54) is 6.08 Å². The first-order valence-electron chi connectivity index (χ1n) is 4.25. The molecule has 1 aromatic rings. The van der Waals surface area contributed by atoms with Crippen LogP contribution in [0.25, 0.3) is 6.08 Å².